The van der Waals surface area contributed by atoms with Crippen LogP contribution in [0.4, 0.5) is 0 Å². The molecule has 2 aromatic rings. The van der Waals surface area contributed by atoms with Gasteiger partial charge >= 0.3 is 0 Å². The molecule has 0 heterocycles. The lowest BCUT2D eigenvalue weighted by molar-refractivity contribution is -0.119. The number of halogens is 1. The predicted molar refractivity (Wildman–Crippen MR) is 113 cm³/mol. The van der Waals surface area contributed by atoms with Crippen LogP contribution in [0, 0.1) is 0 Å². The molecule has 0 unspecified atom stereocenters. The number of carbonyl (C=O) groups excluding carboxylic acids is 2. The van der Waals surface area contributed by atoms with Crippen LogP contribution in [0.25, 0.3) is 0 Å². The Kier molecular flexibility index (Phi) is 8.17. The largest absolute Gasteiger partial charge is 0.493 e. The molecular formula is C21H25ClN2O6. The highest BCUT2D eigenvalue weighted by Crippen LogP contribution is 2.37. The average Bonchev–Trinajstić information content (AvgIpc) is 2.75. The topological polar surface area (TPSA) is 100 Å². The quantitative estimate of drug-likeness (QED) is 0.614. The van der Waals surface area contributed by atoms with Crippen molar-refractivity contribution in [2.45, 2.75) is 13.5 Å². The maximum atomic E-state index is 13.1. The number of ether oxygens (including phenoxy) is 4. The Morgan fingerprint density at radius 3 is 2.23 bits per heavy atom. The van der Waals surface area contributed by atoms with Gasteiger partial charge in [0.15, 0.2) is 29.6 Å². The smallest absolute Gasteiger partial charge is 0.255 e. The average molecular weight is 437 g/mol. The number of benzene rings is 2. The molecule has 0 aliphatic heterocycles. The van der Waals surface area contributed by atoms with E-state index in [1.165, 1.54) is 19.2 Å². The van der Waals surface area contributed by atoms with Gasteiger partial charge in [-0.15, -0.1) is 0 Å². The molecule has 0 saturated heterocycles. The van der Waals surface area contributed by atoms with E-state index in [4.69, 9.17) is 36.3 Å². The summed E-state index contributed by atoms with van der Waals surface area (Å²) in [5, 5.41) is 0.140. The Bertz CT molecular complexity index is 919. The van der Waals surface area contributed by atoms with Crippen molar-refractivity contribution in [1.29, 1.82) is 0 Å². The van der Waals surface area contributed by atoms with Crippen molar-refractivity contribution in [3.8, 4) is 23.0 Å². The van der Waals surface area contributed by atoms with Crippen LogP contribution in [0.3, 0.4) is 0 Å². The molecule has 0 aliphatic rings. The molecule has 0 aliphatic carbocycles. The van der Waals surface area contributed by atoms with E-state index in [0.29, 0.717) is 30.2 Å². The number of hydrogen-bond acceptors (Lipinski definition) is 6. The zero-order valence-corrected chi connectivity index (χ0v) is 18.1. The number of nitrogens with two attached hydrogens (primary N) is 1. The van der Waals surface area contributed by atoms with Crippen LogP contribution in [-0.2, 0) is 11.3 Å². The predicted octanol–water partition coefficient (Wildman–Crippen LogP) is 2.89. The molecule has 0 atom stereocenters. The van der Waals surface area contributed by atoms with Crippen molar-refractivity contribution in [3.05, 3.63) is 46.5 Å². The molecule has 0 spiro atoms. The number of rotatable bonds is 10. The van der Waals surface area contributed by atoms with Crippen LogP contribution < -0.4 is 24.7 Å². The van der Waals surface area contributed by atoms with Crippen molar-refractivity contribution in [2.24, 2.45) is 5.73 Å². The number of primary amides is 1. The second-order valence-electron chi connectivity index (χ2n) is 6.25. The second kappa shape index (κ2) is 10.6. The molecule has 30 heavy (non-hydrogen) atoms. The van der Waals surface area contributed by atoms with Gasteiger partial charge in [0.05, 0.1) is 26.4 Å². The number of nitrogens with zero attached hydrogens (tertiary/aromatic N) is 1. The monoisotopic (exact) mass is 436 g/mol. The third-order valence-corrected chi connectivity index (χ3v) is 4.61. The first kappa shape index (κ1) is 23.2. The van der Waals surface area contributed by atoms with Crippen LogP contribution in [0.15, 0.2) is 30.3 Å². The van der Waals surface area contributed by atoms with E-state index in [1.807, 2.05) is 19.1 Å². The third-order valence-electron chi connectivity index (χ3n) is 4.33. The fourth-order valence-corrected chi connectivity index (χ4v) is 3.10. The van der Waals surface area contributed by atoms with Crippen molar-refractivity contribution >= 4 is 23.4 Å². The Labute approximate surface area is 180 Å². The molecule has 9 heteroatoms. The van der Waals surface area contributed by atoms with Crippen LogP contribution in [0.5, 0.6) is 23.0 Å². The molecule has 2 aromatic carbocycles. The SMILES string of the molecule is CCN(Cc1ccc(OC)c(OC)c1)C(=O)c1cc(Cl)c(OCC(N)=O)c(OC)c1. The van der Waals surface area contributed by atoms with E-state index in [-0.39, 0.29) is 29.0 Å². The minimum atomic E-state index is -0.652. The lowest BCUT2D eigenvalue weighted by Crippen LogP contribution is -2.30. The zero-order valence-electron chi connectivity index (χ0n) is 17.4. The van der Waals surface area contributed by atoms with Crippen molar-refractivity contribution in [3.63, 3.8) is 0 Å². The summed E-state index contributed by atoms with van der Waals surface area (Å²) < 4.78 is 21.2. The molecule has 2 amide bonds. The van der Waals surface area contributed by atoms with Gasteiger partial charge < -0.3 is 29.6 Å². The molecular weight excluding hydrogens is 412 g/mol. The lowest BCUT2D eigenvalue weighted by atomic mass is 10.1. The van der Waals surface area contributed by atoms with Gasteiger partial charge in [-0.25, -0.2) is 0 Å². The summed E-state index contributed by atoms with van der Waals surface area (Å²) in [7, 11) is 4.53. The molecule has 162 valence electrons. The number of carbonyl (C=O) groups is 2. The summed E-state index contributed by atoms with van der Waals surface area (Å²) in [6.07, 6.45) is 0. The fourth-order valence-electron chi connectivity index (χ4n) is 2.84. The Morgan fingerprint density at radius 2 is 1.67 bits per heavy atom. The Morgan fingerprint density at radius 1 is 1.00 bits per heavy atom. The maximum Gasteiger partial charge on any atom is 0.255 e. The van der Waals surface area contributed by atoms with Crippen molar-refractivity contribution in [1.82, 2.24) is 4.90 Å². The van der Waals surface area contributed by atoms with Gasteiger partial charge in [0, 0.05) is 18.7 Å². The summed E-state index contributed by atoms with van der Waals surface area (Å²) >= 11 is 6.26. The minimum Gasteiger partial charge on any atom is -0.493 e. The Hall–Kier alpha value is -3.13. The van der Waals surface area contributed by atoms with Crippen LogP contribution >= 0.6 is 11.6 Å². The maximum absolute atomic E-state index is 13.1. The zero-order chi connectivity index (χ0) is 22.3. The second-order valence-corrected chi connectivity index (χ2v) is 6.66. The molecule has 2 N–H and O–H groups in total. The van der Waals surface area contributed by atoms with Crippen LogP contribution in [0.1, 0.15) is 22.8 Å². The highest BCUT2D eigenvalue weighted by Gasteiger charge is 2.21. The molecule has 8 nitrogen and oxygen atoms in total. The minimum absolute atomic E-state index is 0.140. The van der Waals surface area contributed by atoms with Crippen LogP contribution in [0.2, 0.25) is 5.02 Å². The standard InChI is InChI=1S/C21H25ClN2O6/c1-5-24(11-13-6-7-16(27-2)17(8-13)28-3)21(26)14-9-15(22)20(18(10-14)29-4)30-12-19(23)25/h6-10H,5,11-12H2,1-4H3,(H2,23,25). The van der Waals surface area contributed by atoms with E-state index >= 15 is 0 Å². The number of hydrogen-bond donors (Lipinski definition) is 1. The van der Waals surface area contributed by atoms with Gasteiger partial charge in [-0.2, -0.15) is 0 Å². The first-order chi connectivity index (χ1) is 14.3. The third kappa shape index (κ3) is 5.48. The summed E-state index contributed by atoms with van der Waals surface area (Å²) in [5.74, 6) is 0.680. The van der Waals surface area contributed by atoms with Gasteiger partial charge in [0.25, 0.3) is 11.8 Å². The van der Waals surface area contributed by atoms with Crippen molar-refractivity contribution < 1.29 is 28.5 Å². The van der Waals surface area contributed by atoms with Gasteiger partial charge in [-0.1, -0.05) is 17.7 Å². The summed E-state index contributed by atoms with van der Waals surface area (Å²) in [6, 6.07) is 8.47. The normalized spacial score (nSPS) is 10.3. The van der Waals surface area contributed by atoms with E-state index in [2.05, 4.69) is 0 Å². The first-order valence-electron chi connectivity index (χ1n) is 9.13. The molecule has 2 rings (SSSR count). The van der Waals surface area contributed by atoms with Gasteiger partial charge in [-0.05, 0) is 36.8 Å². The molecule has 0 fully saturated rings. The van der Waals surface area contributed by atoms with Gasteiger partial charge in [-0.3, -0.25) is 9.59 Å². The Balaban J connectivity index is 2.28. The van der Waals surface area contributed by atoms with E-state index < -0.39 is 5.91 Å². The summed E-state index contributed by atoms with van der Waals surface area (Å²) in [6.45, 7) is 2.34. The number of methoxy groups -OCH3 is 3. The molecule has 0 radical (unpaired) electrons. The lowest BCUT2D eigenvalue weighted by Gasteiger charge is -2.22. The molecule has 0 saturated carbocycles. The van der Waals surface area contributed by atoms with E-state index in [0.717, 1.165) is 5.56 Å². The first-order valence-corrected chi connectivity index (χ1v) is 9.51. The number of amides is 2. The van der Waals surface area contributed by atoms with E-state index in [1.54, 1.807) is 25.2 Å². The van der Waals surface area contributed by atoms with Crippen molar-refractivity contribution in [2.75, 3.05) is 34.5 Å². The molecule has 0 aromatic heterocycles. The van der Waals surface area contributed by atoms with Gasteiger partial charge in [0.1, 0.15) is 0 Å². The van der Waals surface area contributed by atoms with Crippen LogP contribution in [-0.4, -0.2) is 51.2 Å². The highest BCUT2D eigenvalue weighted by atomic mass is 35.5. The molecule has 0 bridgehead atoms. The van der Waals surface area contributed by atoms with Gasteiger partial charge in [0.2, 0.25) is 0 Å². The van der Waals surface area contributed by atoms with E-state index in [9.17, 15) is 9.59 Å². The summed E-state index contributed by atoms with van der Waals surface area (Å²) in [5.41, 5.74) is 6.31. The highest BCUT2D eigenvalue weighted by molar-refractivity contribution is 6.32. The fraction of sp³-hybridized carbons (Fsp3) is 0.333. The summed E-state index contributed by atoms with van der Waals surface area (Å²) in [4.78, 5) is 25.7.